The lowest BCUT2D eigenvalue weighted by Crippen LogP contribution is -2.19. The number of carbonyl (C=O) groups is 1. The van der Waals surface area contributed by atoms with Gasteiger partial charge in [-0.2, -0.15) is 0 Å². The average Bonchev–Trinajstić information content (AvgIpc) is 2.54. The molecule has 0 fully saturated rings. The second kappa shape index (κ2) is 7.97. The smallest absolute Gasteiger partial charge is 0.274 e. The Morgan fingerprint density at radius 2 is 2.08 bits per heavy atom. The van der Waals surface area contributed by atoms with Crippen molar-refractivity contribution in [1.29, 1.82) is 0 Å². The molecular weight excluding hydrogens is 328 g/mol. The minimum Gasteiger partial charge on any atom is -0.495 e. The number of carbonyl (C=O) groups excluding carboxylic acids is 1. The van der Waals surface area contributed by atoms with E-state index in [1.807, 2.05) is 13.8 Å². The molecule has 6 nitrogen and oxygen atoms in total. The number of halogens is 1. The number of anilines is 2. The Bertz CT molecular complexity index is 737. The topological polar surface area (TPSA) is 76.1 Å². The molecule has 1 aromatic heterocycles. The normalized spacial score (nSPS) is 11.7. The van der Waals surface area contributed by atoms with Gasteiger partial charge in [-0.25, -0.2) is 9.97 Å². The molecule has 0 aliphatic carbocycles. The summed E-state index contributed by atoms with van der Waals surface area (Å²) in [6.07, 6.45) is 0.934. The second-order valence-electron chi connectivity index (χ2n) is 5.48. The fraction of sp³-hybridized carbons (Fsp3) is 0.353. The summed E-state index contributed by atoms with van der Waals surface area (Å²) >= 11 is 6.07. The number of nitrogens with zero attached hydrogens (tertiary/aromatic N) is 2. The Morgan fingerprint density at radius 1 is 1.33 bits per heavy atom. The van der Waals surface area contributed by atoms with Crippen molar-refractivity contribution in [1.82, 2.24) is 9.97 Å². The quantitative estimate of drug-likeness (QED) is 0.827. The maximum absolute atomic E-state index is 12.4. The maximum Gasteiger partial charge on any atom is 0.274 e. The molecule has 1 atom stereocenters. The molecule has 0 spiro atoms. The number of nitrogens with one attached hydrogen (secondary N) is 2. The Morgan fingerprint density at radius 3 is 2.71 bits per heavy atom. The number of aryl methyl sites for hydroxylation is 1. The SMILES string of the molecule is CCC(C)Nc1nc(C)cc(C(=O)Nc2ccc(OC)c(Cl)c2)n1. The molecule has 1 aromatic carbocycles. The predicted octanol–water partition coefficient (Wildman–Crippen LogP) is 3.91. The summed E-state index contributed by atoms with van der Waals surface area (Å²) in [6.45, 7) is 5.92. The highest BCUT2D eigenvalue weighted by Crippen LogP contribution is 2.27. The van der Waals surface area contributed by atoms with E-state index in [9.17, 15) is 4.79 Å². The molecule has 1 unspecified atom stereocenters. The summed E-state index contributed by atoms with van der Waals surface area (Å²) in [5, 5.41) is 6.38. The van der Waals surface area contributed by atoms with Crippen LogP contribution in [0.15, 0.2) is 24.3 Å². The minimum atomic E-state index is -0.325. The Balaban J connectivity index is 2.18. The fourth-order valence-corrected chi connectivity index (χ4v) is 2.27. The number of ether oxygens (including phenoxy) is 1. The van der Waals surface area contributed by atoms with Crippen LogP contribution in [-0.2, 0) is 0 Å². The molecule has 0 aliphatic heterocycles. The van der Waals surface area contributed by atoms with Crippen LogP contribution in [0.2, 0.25) is 5.02 Å². The first-order valence-corrected chi connectivity index (χ1v) is 8.07. The average molecular weight is 349 g/mol. The van der Waals surface area contributed by atoms with Gasteiger partial charge in [-0.3, -0.25) is 4.79 Å². The molecule has 24 heavy (non-hydrogen) atoms. The van der Waals surface area contributed by atoms with Gasteiger partial charge >= 0.3 is 0 Å². The largest absolute Gasteiger partial charge is 0.495 e. The van der Waals surface area contributed by atoms with Crippen LogP contribution in [-0.4, -0.2) is 29.0 Å². The fourth-order valence-electron chi connectivity index (χ4n) is 2.01. The Hall–Kier alpha value is -2.34. The number of hydrogen-bond acceptors (Lipinski definition) is 5. The summed E-state index contributed by atoms with van der Waals surface area (Å²) in [4.78, 5) is 21.0. The van der Waals surface area contributed by atoms with E-state index in [-0.39, 0.29) is 11.9 Å². The van der Waals surface area contributed by atoms with Gasteiger partial charge in [-0.1, -0.05) is 18.5 Å². The van der Waals surface area contributed by atoms with Gasteiger partial charge in [0.25, 0.3) is 5.91 Å². The highest BCUT2D eigenvalue weighted by Gasteiger charge is 2.13. The molecule has 0 saturated heterocycles. The third-order valence-electron chi connectivity index (χ3n) is 3.48. The monoisotopic (exact) mass is 348 g/mol. The van der Waals surface area contributed by atoms with Crippen LogP contribution in [0, 0.1) is 6.92 Å². The van der Waals surface area contributed by atoms with Crippen molar-refractivity contribution in [3.8, 4) is 5.75 Å². The van der Waals surface area contributed by atoms with Crippen LogP contribution in [0.3, 0.4) is 0 Å². The number of rotatable bonds is 6. The molecule has 2 rings (SSSR count). The predicted molar refractivity (Wildman–Crippen MR) is 96.1 cm³/mol. The standard InChI is InChI=1S/C17H21ClN4O2/c1-5-10(2)19-17-20-11(3)8-14(22-17)16(23)21-12-6-7-15(24-4)13(18)9-12/h6-10H,5H2,1-4H3,(H,21,23)(H,19,20,22). The Labute approximate surface area is 146 Å². The van der Waals surface area contributed by atoms with Gasteiger partial charge in [-0.15, -0.1) is 0 Å². The highest BCUT2D eigenvalue weighted by atomic mass is 35.5. The molecule has 0 saturated carbocycles. The molecule has 2 aromatic rings. The van der Waals surface area contributed by atoms with Gasteiger partial charge in [-0.05, 0) is 44.5 Å². The zero-order valence-corrected chi connectivity index (χ0v) is 14.9. The van der Waals surface area contributed by atoms with Crippen molar-refractivity contribution in [2.24, 2.45) is 0 Å². The van der Waals surface area contributed by atoms with E-state index in [0.29, 0.717) is 33.8 Å². The Kier molecular flexibility index (Phi) is 5.98. The molecule has 0 bridgehead atoms. The molecule has 128 valence electrons. The van der Waals surface area contributed by atoms with Crippen LogP contribution >= 0.6 is 11.6 Å². The van der Waals surface area contributed by atoms with E-state index >= 15 is 0 Å². The zero-order valence-electron chi connectivity index (χ0n) is 14.2. The molecule has 1 heterocycles. The van der Waals surface area contributed by atoms with Crippen molar-refractivity contribution in [3.05, 3.63) is 40.7 Å². The summed E-state index contributed by atoms with van der Waals surface area (Å²) in [6, 6.07) is 6.91. The van der Waals surface area contributed by atoms with E-state index in [4.69, 9.17) is 16.3 Å². The van der Waals surface area contributed by atoms with Crippen molar-refractivity contribution >= 4 is 29.1 Å². The lowest BCUT2D eigenvalue weighted by Gasteiger charge is -2.13. The van der Waals surface area contributed by atoms with Crippen molar-refractivity contribution in [2.75, 3.05) is 17.7 Å². The zero-order chi connectivity index (χ0) is 17.7. The lowest BCUT2D eigenvalue weighted by atomic mass is 10.2. The number of benzene rings is 1. The summed E-state index contributed by atoms with van der Waals surface area (Å²) in [7, 11) is 1.54. The third kappa shape index (κ3) is 4.58. The van der Waals surface area contributed by atoms with E-state index in [0.717, 1.165) is 6.42 Å². The number of hydrogen-bond donors (Lipinski definition) is 2. The van der Waals surface area contributed by atoms with E-state index in [2.05, 4.69) is 27.5 Å². The number of methoxy groups -OCH3 is 1. The number of aromatic nitrogens is 2. The first kappa shape index (κ1) is 18.0. The van der Waals surface area contributed by atoms with E-state index < -0.39 is 0 Å². The van der Waals surface area contributed by atoms with Crippen molar-refractivity contribution in [3.63, 3.8) is 0 Å². The second-order valence-corrected chi connectivity index (χ2v) is 5.88. The van der Waals surface area contributed by atoms with Gasteiger partial charge in [0.1, 0.15) is 11.4 Å². The van der Waals surface area contributed by atoms with Crippen LogP contribution < -0.4 is 15.4 Å². The summed E-state index contributed by atoms with van der Waals surface area (Å²) in [5.41, 5.74) is 1.58. The van der Waals surface area contributed by atoms with E-state index in [1.54, 1.807) is 24.3 Å². The van der Waals surface area contributed by atoms with Crippen LogP contribution in [0.5, 0.6) is 5.75 Å². The molecule has 1 amide bonds. The van der Waals surface area contributed by atoms with Crippen molar-refractivity contribution < 1.29 is 9.53 Å². The third-order valence-corrected chi connectivity index (χ3v) is 3.78. The van der Waals surface area contributed by atoms with Crippen molar-refractivity contribution in [2.45, 2.75) is 33.2 Å². The van der Waals surface area contributed by atoms with Gasteiger partial charge in [0, 0.05) is 17.4 Å². The first-order valence-electron chi connectivity index (χ1n) is 7.70. The molecule has 0 aliphatic rings. The molecule has 7 heteroatoms. The summed E-state index contributed by atoms with van der Waals surface area (Å²) < 4.78 is 5.10. The van der Waals surface area contributed by atoms with Gasteiger partial charge in [0.05, 0.1) is 12.1 Å². The first-order chi connectivity index (χ1) is 11.4. The minimum absolute atomic E-state index is 0.225. The lowest BCUT2D eigenvalue weighted by molar-refractivity contribution is 0.102. The van der Waals surface area contributed by atoms with E-state index in [1.165, 1.54) is 7.11 Å². The van der Waals surface area contributed by atoms with Gasteiger partial charge in [0.2, 0.25) is 5.95 Å². The number of amides is 1. The van der Waals surface area contributed by atoms with Crippen LogP contribution in [0.4, 0.5) is 11.6 Å². The summed E-state index contributed by atoms with van der Waals surface area (Å²) in [5.74, 6) is 0.670. The highest BCUT2D eigenvalue weighted by molar-refractivity contribution is 6.32. The van der Waals surface area contributed by atoms with Crippen LogP contribution in [0.25, 0.3) is 0 Å². The molecule has 2 N–H and O–H groups in total. The van der Waals surface area contributed by atoms with Crippen LogP contribution in [0.1, 0.15) is 36.5 Å². The van der Waals surface area contributed by atoms with Gasteiger partial charge in [0.15, 0.2) is 0 Å². The molecule has 0 radical (unpaired) electrons. The molecular formula is C17H21ClN4O2. The maximum atomic E-state index is 12.4. The van der Waals surface area contributed by atoms with Gasteiger partial charge < -0.3 is 15.4 Å².